The zero-order chi connectivity index (χ0) is 17.0. The summed E-state index contributed by atoms with van der Waals surface area (Å²) in [4.78, 5) is 15.8. The molecule has 1 aliphatic rings. The van der Waals surface area contributed by atoms with Crippen molar-refractivity contribution in [2.24, 2.45) is 0 Å². The molecule has 6 nitrogen and oxygen atoms in total. The number of piperazine rings is 1. The molecule has 1 aliphatic heterocycles. The van der Waals surface area contributed by atoms with Gasteiger partial charge in [0, 0.05) is 7.05 Å². The number of hydrogen-bond donors (Lipinski definition) is 1. The van der Waals surface area contributed by atoms with Crippen LogP contribution in [0.2, 0.25) is 0 Å². The second kappa shape index (κ2) is 7.42. The first-order chi connectivity index (χ1) is 10.8. The third kappa shape index (κ3) is 4.31. The monoisotopic (exact) mass is 340 g/mol. The van der Waals surface area contributed by atoms with E-state index in [1.807, 2.05) is 6.92 Å². The molecule has 1 amide bonds. The highest BCUT2D eigenvalue weighted by Crippen LogP contribution is 2.15. The van der Waals surface area contributed by atoms with Gasteiger partial charge in [0.1, 0.15) is 0 Å². The molecule has 0 radical (unpaired) electrons. The van der Waals surface area contributed by atoms with E-state index in [0.717, 1.165) is 29.5 Å². The highest BCUT2D eigenvalue weighted by atomic mass is 32.2. The number of carbonyl (C=O) groups excluding carboxylic acids is 1. The number of aryl methyl sites for hydroxylation is 1. The fourth-order valence-electron chi connectivity index (χ4n) is 2.69. The van der Waals surface area contributed by atoms with Gasteiger partial charge in [0.2, 0.25) is 15.9 Å². The first kappa shape index (κ1) is 17.9. The fourth-order valence-corrected chi connectivity index (χ4v) is 3.81. The first-order valence-electron chi connectivity index (χ1n) is 7.99. The summed E-state index contributed by atoms with van der Waals surface area (Å²) in [7, 11) is -2.17. The lowest BCUT2D eigenvalue weighted by atomic mass is 10.2. The van der Waals surface area contributed by atoms with Crippen LogP contribution in [0.4, 0.5) is 0 Å². The van der Waals surface area contributed by atoms with E-state index in [2.05, 4.69) is 6.92 Å². The summed E-state index contributed by atoms with van der Waals surface area (Å²) in [5.41, 5.74) is 0.999. The zero-order valence-electron chi connectivity index (χ0n) is 14.1. The standard InChI is InChI=1S/C16H25N3O3S/c1-4-18-9-11-19(12-10-18)16(20)13-17(3)23(21,22)15-7-5-14(2)6-8-15/h5-8H,4,9-13H2,1-3H3/p+1. The van der Waals surface area contributed by atoms with Gasteiger partial charge in [-0.15, -0.1) is 0 Å². The highest BCUT2D eigenvalue weighted by molar-refractivity contribution is 7.89. The van der Waals surface area contributed by atoms with Crippen molar-refractivity contribution in [1.82, 2.24) is 9.21 Å². The number of rotatable bonds is 5. The van der Waals surface area contributed by atoms with Gasteiger partial charge in [0.05, 0.1) is 44.2 Å². The smallest absolute Gasteiger partial charge is 0.243 e. The largest absolute Gasteiger partial charge is 0.332 e. The van der Waals surface area contributed by atoms with Crippen LogP contribution in [0, 0.1) is 6.92 Å². The molecule has 0 atom stereocenters. The minimum Gasteiger partial charge on any atom is -0.332 e. The number of benzene rings is 1. The number of carbonyl (C=O) groups is 1. The molecule has 7 heteroatoms. The fraction of sp³-hybridized carbons (Fsp3) is 0.562. The Hall–Kier alpha value is -1.44. The molecule has 23 heavy (non-hydrogen) atoms. The molecule has 1 heterocycles. The third-order valence-electron chi connectivity index (χ3n) is 4.41. The van der Waals surface area contributed by atoms with E-state index in [1.54, 1.807) is 29.2 Å². The molecule has 0 unspecified atom stereocenters. The summed E-state index contributed by atoms with van der Waals surface area (Å²) in [6.07, 6.45) is 0. The zero-order valence-corrected chi connectivity index (χ0v) is 14.9. The predicted octanol–water partition coefficient (Wildman–Crippen LogP) is -0.637. The lowest BCUT2D eigenvalue weighted by Gasteiger charge is -2.32. The number of quaternary nitrogens is 1. The number of nitrogens with zero attached hydrogens (tertiary/aromatic N) is 2. The maximum atomic E-state index is 12.5. The van der Waals surface area contributed by atoms with Crippen LogP contribution < -0.4 is 4.90 Å². The number of sulfonamides is 1. The summed E-state index contributed by atoms with van der Waals surface area (Å²) in [5, 5.41) is 0. The molecule has 128 valence electrons. The van der Waals surface area contributed by atoms with Crippen molar-refractivity contribution in [3.8, 4) is 0 Å². The molecule has 0 aliphatic carbocycles. The Morgan fingerprint density at radius 1 is 1.22 bits per heavy atom. The van der Waals surface area contributed by atoms with E-state index in [0.29, 0.717) is 13.1 Å². The molecule has 0 bridgehead atoms. The van der Waals surface area contributed by atoms with Gasteiger partial charge in [-0.05, 0) is 26.0 Å². The van der Waals surface area contributed by atoms with Crippen LogP contribution in [0.15, 0.2) is 29.2 Å². The van der Waals surface area contributed by atoms with Gasteiger partial charge in [-0.3, -0.25) is 4.79 Å². The van der Waals surface area contributed by atoms with E-state index >= 15 is 0 Å². The molecule has 0 aromatic heterocycles. The van der Waals surface area contributed by atoms with Gasteiger partial charge in [-0.2, -0.15) is 4.31 Å². The van der Waals surface area contributed by atoms with E-state index < -0.39 is 10.0 Å². The van der Waals surface area contributed by atoms with Gasteiger partial charge in [-0.1, -0.05) is 17.7 Å². The lowest BCUT2D eigenvalue weighted by Crippen LogP contribution is -3.14. The average molecular weight is 340 g/mol. The van der Waals surface area contributed by atoms with Crippen molar-refractivity contribution >= 4 is 15.9 Å². The van der Waals surface area contributed by atoms with E-state index in [1.165, 1.54) is 11.9 Å². The Labute approximate surface area is 138 Å². The topological polar surface area (TPSA) is 62.1 Å². The minimum absolute atomic E-state index is 0.113. The third-order valence-corrected chi connectivity index (χ3v) is 6.23. The van der Waals surface area contributed by atoms with Gasteiger partial charge in [0.15, 0.2) is 0 Å². The Kier molecular flexibility index (Phi) is 5.78. The summed E-state index contributed by atoms with van der Waals surface area (Å²) >= 11 is 0. The molecule has 1 fully saturated rings. The molecular weight excluding hydrogens is 314 g/mol. The molecule has 2 rings (SSSR count). The van der Waals surface area contributed by atoms with Crippen LogP contribution in [0.25, 0.3) is 0 Å². The highest BCUT2D eigenvalue weighted by Gasteiger charge is 2.27. The first-order valence-corrected chi connectivity index (χ1v) is 9.43. The van der Waals surface area contributed by atoms with Crippen LogP contribution in [-0.4, -0.2) is 69.8 Å². The Morgan fingerprint density at radius 3 is 2.30 bits per heavy atom. The molecule has 1 aromatic rings. The lowest BCUT2D eigenvalue weighted by molar-refractivity contribution is -0.902. The normalized spacial score (nSPS) is 16.8. The van der Waals surface area contributed by atoms with Gasteiger partial charge >= 0.3 is 0 Å². The molecule has 0 saturated carbocycles. The summed E-state index contributed by atoms with van der Waals surface area (Å²) in [6.45, 7) is 8.23. The summed E-state index contributed by atoms with van der Waals surface area (Å²) < 4.78 is 26.2. The Balaban J connectivity index is 1.99. The Morgan fingerprint density at radius 2 is 1.78 bits per heavy atom. The van der Waals surface area contributed by atoms with Gasteiger partial charge < -0.3 is 9.80 Å². The second-order valence-corrected chi connectivity index (χ2v) is 8.10. The average Bonchev–Trinajstić information content (AvgIpc) is 2.55. The molecule has 1 aromatic carbocycles. The molecule has 0 spiro atoms. The number of amides is 1. The van der Waals surface area contributed by atoms with Crippen molar-refractivity contribution in [2.45, 2.75) is 18.7 Å². The number of likely N-dealkylation sites (N-methyl/N-ethyl adjacent to an activating group) is 2. The predicted molar refractivity (Wildman–Crippen MR) is 88.8 cm³/mol. The number of nitrogens with one attached hydrogen (secondary N) is 1. The van der Waals surface area contributed by atoms with E-state index in [4.69, 9.17) is 0 Å². The van der Waals surface area contributed by atoms with Crippen LogP contribution in [-0.2, 0) is 14.8 Å². The summed E-state index contributed by atoms with van der Waals surface area (Å²) in [5.74, 6) is -0.127. The van der Waals surface area contributed by atoms with Crippen LogP contribution >= 0.6 is 0 Å². The summed E-state index contributed by atoms with van der Waals surface area (Å²) in [6, 6.07) is 6.68. The van der Waals surface area contributed by atoms with Crippen LogP contribution in [0.3, 0.4) is 0 Å². The SMILES string of the molecule is CC[NH+]1CCN(C(=O)CN(C)S(=O)(=O)c2ccc(C)cc2)CC1. The van der Waals surface area contributed by atoms with Crippen molar-refractivity contribution in [3.05, 3.63) is 29.8 Å². The van der Waals surface area contributed by atoms with Gasteiger partial charge in [-0.25, -0.2) is 8.42 Å². The maximum absolute atomic E-state index is 12.5. The van der Waals surface area contributed by atoms with Crippen molar-refractivity contribution in [1.29, 1.82) is 0 Å². The Bertz CT molecular complexity index is 635. The van der Waals surface area contributed by atoms with Crippen molar-refractivity contribution in [3.63, 3.8) is 0 Å². The minimum atomic E-state index is -3.62. The van der Waals surface area contributed by atoms with Crippen molar-refractivity contribution in [2.75, 3.05) is 46.3 Å². The number of hydrogen-bond acceptors (Lipinski definition) is 3. The second-order valence-electron chi connectivity index (χ2n) is 6.06. The van der Waals surface area contributed by atoms with Gasteiger partial charge in [0.25, 0.3) is 0 Å². The molecule has 1 N–H and O–H groups in total. The quantitative estimate of drug-likeness (QED) is 0.776. The molecule has 1 saturated heterocycles. The maximum Gasteiger partial charge on any atom is 0.243 e. The molecular formula is C16H26N3O3S+. The van der Waals surface area contributed by atoms with Crippen LogP contribution in [0.5, 0.6) is 0 Å². The van der Waals surface area contributed by atoms with E-state index in [-0.39, 0.29) is 17.3 Å². The van der Waals surface area contributed by atoms with Crippen molar-refractivity contribution < 1.29 is 18.1 Å². The van der Waals surface area contributed by atoms with E-state index in [9.17, 15) is 13.2 Å². The van der Waals surface area contributed by atoms with Crippen LogP contribution in [0.1, 0.15) is 12.5 Å².